The van der Waals surface area contributed by atoms with Crippen molar-refractivity contribution in [1.82, 2.24) is 10.2 Å². The monoisotopic (exact) mass is 651 g/mol. The molecule has 3 aliphatic rings. The van der Waals surface area contributed by atoms with Crippen LogP contribution in [0.15, 0.2) is 98.1 Å². The van der Waals surface area contributed by atoms with Crippen LogP contribution in [-0.2, 0) is 28.7 Å². The van der Waals surface area contributed by atoms with E-state index in [1.807, 2.05) is 72.8 Å². The zero-order valence-electron chi connectivity index (χ0n) is 26.8. The number of anilines is 1. The molecule has 3 fully saturated rings. The van der Waals surface area contributed by atoms with Crippen LogP contribution in [0.3, 0.4) is 0 Å². The Hall–Kier alpha value is -4.80. The van der Waals surface area contributed by atoms with Crippen molar-refractivity contribution in [3.8, 4) is 0 Å². The van der Waals surface area contributed by atoms with Crippen LogP contribution in [0.25, 0.3) is 10.8 Å². The lowest BCUT2D eigenvalue weighted by Gasteiger charge is -2.36. The zero-order valence-corrected chi connectivity index (χ0v) is 26.8. The summed E-state index contributed by atoms with van der Waals surface area (Å²) in [6.45, 7) is 7.17. The number of carbonyl (C=O) groups is 4. The fourth-order valence-corrected chi connectivity index (χ4v) is 7.67. The predicted molar refractivity (Wildman–Crippen MR) is 181 cm³/mol. The average molecular weight is 652 g/mol. The molecule has 6 atom stereocenters. The summed E-state index contributed by atoms with van der Waals surface area (Å²) in [6, 6.07) is 21.0. The van der Waals surface area contributed by atoms with Crippen LogP contribution in [0, 0.1) is 11.8 Å². The molecule has 10 nitrogen and oxygen atoms in total. The number of esters is 1. The lowest BCUT2D eigenvalue weighted by atomic mass is 9.70. The molecule has 3 saturated heterocycles. The summed E-state index contributed by atoms with van der Waals surface area (Å²) < 4.78 is 12.1. The molecule has 250 valence electrons. The number of nitrogens with zero attached hydrogens (tertiary/aromatic N) is 2. The Morgan fingerprint density at radius 1 is 1.06 bits per heavy atom. The fraction of sp³-hybridized carbons (Fsp3) is 0.368. The van der Waals surface area contributed by atoms with E-state index in [0.29, 0.717) is 24.9 Å². The van der Waals surface area contributed by atoms with Gasteiger partial charge in [0.25, 0.3) is 5.91 Å². The number of aliphatic hydroxyl groups is 1. The molecule has 1 spiro atoms. The molecule has 3 aliphatic heterocycles. The maximum atomic E-state index is 14.7. The van der Waals surface area contributed by atoms with E-state index in [9.17, 15) is 24.3 Å². The topological polar surface area (TPSA) is 125 Å². The van der Waals surface area contributed by atoms with Gasteiger partial charge in [-0.15, -0.1) is 13.2 Å². The van der Waals surface area contributed by atoms with Gasteiger partial charge in [0.15, 0.2) is 0 Å². The van der Waals surface area contributed by atoms with Crippen LogP contribution in [0.4, 0.5) is 5.69 Å². The first-order chi connectivity index (χ1) is 23.3. The number of fused-ring (bicyclic) bond motifs is 2. The highest BCUT2D eigenvalue weighted by molar-refractivity contribution is 6.05. The number of benzene rings is 3. The third kappa shape index (κ3) is 6.02. The van der Waals surface area contributed by atoms with Crippen LogP contribution in [0.1, 0.15) is 37.3 Å². The molecular formula is C38H41N3O7. The number of nitrogens with one attached hydrogen (secondary N) is 1. The van der Waals surface area contributed by atoms with Crippen molar-refractivity contribution in [3.63, 3.8) is 0 Å². The van der Waals surface area contributed by atoms with Gasteiger partial charge >= 0.3 is 5.97 Å². The molecule has 0 aliphatic carbocycles. The standard InChI is InChI=1S/C38H41N3O7/c1-3-5-15-31(43)47-24-29(26-12-7-6-8-13-26)39-35(44)32-30-18-19-38(48-30)33(32)36(45)41(21-22-42)34(38)37(46)40(20-4-2)28-17-16-25-11-9-10-14-27(25)23-28/h3-4,6-14,16-17,23,29-30,32-34,42H,1-2,5,15,18-22,24H2,(H,39,44)/t29-,30-,32+,33+,34-,38+/m0/s1. The van der Waals surface area contributed by atoms with Gasteiger partial charge in [-0.1, -0.05) is 72.8 Å². The van der Waals surface area contributed by atoms with E-state index in [-0.39, 0.29) is 38.6 Å². The zero-order chi connectivity index (χ0) is 33.8. The molecule has 10 heteroatoms. The number of β-amino-alcohol motifs (C(OH)–C–C–N with tert-alkyl or cyclic N) is 1. The first-order valence-corrected chi connectivity index (χ1v) is 16.4. The van der Waals surface area contributed by atoms with Crippen LogP contribution in [0.5, 0.6) is 0 Å². The molecule has 2 N–H and O–H groups in total. The summed E-state index contributed by atoms with van der Waals surface area (Å²) in [5.41, 5.74) is 0.139. The quantitative estimate of drug-likeness (QED) is 0.199. The molecule has 0 saturated carbocycles. The molecule has 3 aromatic carbocycles. The summed E-state index contributed by atoms with van der Waals surface area (Å²) in [6.07, 6.45) is 4.25. The molecule has 2 bridgehead atoms. The van der Waals surface area contributed by atoms with Crippen LogP contribution in [-0.4, -0.2) is 77.7 Å². The van der Waals surface area contributed by atoms with Gasteiger partial charge in [0.05, 0.1) is 30.6 Å². The van der Waals surface area contributed by atoms with Crippen molar-refractivity contribution in [2.75, 3.05) is 31.2 Å². The van der Waals surface area contributed by atoms with Gasteiger partial charge in [0.2, 0.25) is 11.8 Å². The molecule has 0 aromatic heterocycles. The highest BCUT2D eigenvalue weighted by atomic mass is 16.5. The summed E-state index contributed by atoms with van der Waals surface area (Å²) >= 11 is 0. The molecule has 6 rings (SSSR count). The highest BCUT2D eigenvalue weighted by Gasteiger charge is 2.74. The Kier molecular flexibility index (Phi) is 9.75. The second-order valence-corrected chi connectivity index (χ2v) is 12.6. The Morgan fingerprint density at radius 2 is 1.81 bits per heavy atom. The highest BCUT2D eigenvalue weighted by Crippen LogP contribution is 2.58. The van der Waals surface area contributed by atoms with Gasteiger partial charge in [-0.3, -0.25) is 19.2 Å². The summed E-state index contributed by atoms with van der Waals surface area (Å²) in [5.74, 6) is -3.37. The van der Waals surface area contributed by atoms with Crippen molar-refractivity contribution in [1.29, 1.82) is 0 Å². The Morgan fingerprint density at radius 3 is 2.54 bits per heavy atom. The van der Waals surface area contributed by atoms with E-state index < -0.39 is 53.4 Å². The number of aliphatic hydroxyl groups excluding tert-OH is 1. The number of amides is 3. The van der Waals surface area contributed by atoms with Crippen LogP contribution >= 0.6 is 0 Å². The Bertz CT molecular complexity index is 1710. The van der Waals surface area contributed by atoms with Crippen LogP contribution in [0.2, 0.25) is 0 Å². The molecule has 0 radical (unpaired) electrons. The van der Waals surface area contributed by atoms with Gasteiger partial charge in [-0.2, -0.15) is 0 Å². The predicted octanol–water partition coefficient (Wildman–Crippen LogP) is 4.09. The minimum atomic E-state index is -1.24. The van der Waals surface area contributed by atoms with Gasteiger partial charge in [-0.05, 0) is 47.7 Å². The molecule has 3 amide bonds. The second-order valence-electron chi connectivity index (χ2n) is 12.6. The van der Waals surface area contributed by atoms with Crippen molar-refractivity contribution >= 4 is 40.2 Å². The number of hydrogen-bond acceptors (Lipinski definition) is 7. The molecule has 3 aromatic rings. The van der Waals surface area contributed by atoms with E-state index in [1.165, 1.54) is 4.90 Å². The number of likely N-dealkylation sites (tertiary alicyclic amines) is 1. The van der Waals surface area contributed by atoms with Gasteiger partial charge in [0.1, 0.15) is 18.2 Å². The normalized spacial score (nSPS) is 24.6. The Labute approximate surface area is 280 Å². The van der Waals surface area contributed by atoms with E-state index in [2.05, 4.69) is 18.5 Å². The van der Waals surface area contributed by atoms with Gasteiger partial charge in [0, 0.05) is 25.2 Å². The smallest absolute Gasteiger partial charge is 0.306 e. The first kappa shape index (κ1) is 33.1. The fourth-order valence-electron chi connectivity index (χ4n) is 7.67. The minimum Gasteiger partial charge on any atom is -0.463 e. The third-order valence-electron chi connectivity index (χ3n) is 9.78. The number of rotatable bonds is 14. The summed E-state index contributed by atoms with van der Waals surface area (Å²) in [7, 11) is 0. The lowest BCUT2D eigenvalue weighted by molar-refractivity contribution is -0.146. The van der Waals surface area contributed by atoms with Crippen molar-refractivity contribution in [3.05, 3.63) is 104 Å². The average Bonchev–Trinajstić information content (AvgIpc) is 3.75. The van der Waals surface area contributed by atoms with Crippen molar-refractivity contribution in [2.45, 2.75) is 49.5 Å². The molecule has 48 heavy (non-hydrogen) atoms. The van der Waals surface area contributed by atoms with Crippen LogP contribution < -0.4 is 10.2 Å². The molecular weight excluding hydrogens is 610 g/mol. The van der Waals surface area contributed by atoms with Gasteiger partial charge < -0.3 is 29.7 Å². The SMILES string of the molecule is C=CCCC(=O)OC[C@H](NC(=O)[C@@H]1[C@@H]2CC[C@]3(O2)[C@H](C(=O)N(CC=C)c2ccc4ccccc4c2)N(CCO)C(=O)[C@@H]13)c1ccccc1. The van der Waals surface area contributed by atoms with Gasteiger partial charge in [-0.25, -0.2) is 0 Å². The van der Waals surface area contributed by atoms with Crippen molar-refractivity contribution in [2.24, 2.45) is 11.8 Å². The second kappa shape index (κ2) is 14.1. The van der Waals surface area contributed by atoms with E-state index in [0.717, 1.165) is 16.3 Å². The number of carbonyl (C=O) groups excluding carboxylic acids is 4. The Balaban J connectivity index is 1.29. The molecule has 0 unspecified atom stereocenters. The largest absolute Gasteiger partial charge is 0.463 e. The summed E-state index contributed by atoms with van der Waals surface area (Å²) in [5, 5.41) is 15.0. The minimum absolute atomic E-state index is 0.0805. The number of ether oxygens (including phenoxy) is 2. The molecule has 3 heterocycles. The lowest BCUT2D eigenvalue weighted by Crippen LogP contribution is -2.57. The maximum absolute atomic E-state index is 14.7. The van der Waals surface area contributed by atoms with E-state index in [1.54, 1.807) is 17.1 Å². The maximum Gasteiger partial charge on any atom is 0.306 e. The number of hydrogen-bond donors (Lipinski definition) is 2. The first-order valence-electron chi connectivity index (χ1n) is 16.4. The number of allylic oxidation sites excluding steroid dienone is 1. The van der Waals surface area contributed by atoms with E-state index in [4.69, 9.17) is 9.47 Å². The van der Waals surface area contributed by atoms with Crippen molar-refractivity contribution < 1.29 is 33.8 Å². The third-order valence-corrected chi connectivity index (χ3v) is 9.78. The summed E-state index contributed by atoms with van der Waals surface area (Å²) in [4.78, 5) is 58.4. The van der Waals surface area contributed by atoms with E-state index >= 15 is 0 Å².